The third kappa shape index (κ3) is 43.9. The van der Waals surface area contributed by atoms with Crippen LogP contribution in [-0.2, 0) is 77.6 Å². The van der Waals surface area contributed by atoms with Crippen molar-refractivity contribution < 1.29 is 98.1 Å². The summed E-state index contributed by atoms with van der Waals surface area (Å²) in [4.78, 5) is 119. The van der Waals surface area contributed by atoms with E-state index in [1.165, 1.54) is 25.7 Å². The van der Waals surface area contributed by atoms with Crippen molar-refractivity contribution in [1.82, 2.24) is 0 Å². The van der Waals surface area contributed by atoms with Gasteiger partial charge in [-0.3, -0.25) is 38.4 Å². The summed E-state index contributed by atoms with van der Waals surface area (Å²) in [5, 5.41) is 38.5. The van der Waals surface area contributed by atoms with Crippen LogP contribution in [0.3, 0.4) is 0 Å². The molecule has 253 valence electrons. The zero-order chi connectivity index (χ0) is 35.4. The van der Waals surface area contributed by atoms with Gasteiger partial charge in [-0.15, -0.1) is 0 Å². The minimum Gasteiger partial charge on any atom is -0.542 e. The van der Waals surface area contributed by atoms with E-state index in [-0.39, 0.29) is 20.1 Å². The van der Waals surface area contributed by atoms with Crippen LogP contribution >= 0.6 is 0 Å². The summed E-state index contributed by atoms with van der Waals surface area (Å²) in [6.07, 6.45) is 11.7. The molecule has 0 N–H and O–H groups in total. The molecule has 0 heterocycles. The van der Waals surface area contributed by atoms with Crippen LogP contribution in [0.1, 0.15) is 79.1 Å². The predicted molar refractivity (Wildman–Crippen MR) is 138 cm³/mol. The molecule has 0 aromatic carbocycles. The zero-order valence-electron chi connectivity index (χ0n) is 24.8. The van der Waals surface area contributed by atoms with Gasteiger partial charge >= 0.3 is 0 Å². The van der Waals surface area contributed by atoms with Gasteiger partial charge in [-0.1, -0.05) is 24.3 Å². The van der Waals surface area contributed by atoms with Crippen molar-refractivity contribution in [1.29, 1.82) is 0 Å². The number of aliphatic carboxylic acids is 4. The van der Waals surface area contributed by atoms with E-state index in [0.29, 0.717) is 0 Å². The Kier molecular flexibility index (Phi) is 34.3. The number of hydrogen-bond donors (Lipinski definition) is 0. The van der Waals surface area contributed by atoms with E-state index in [2.05, 4.69) is 24.3 Å². The number of Topliss-reactive ketones (excluding diaryl/α,β-unsaturated/α-hetero) is 8. The Bertz CT molecular complexity index is 995. The first-order valence-electron chi connectivity index (χ1n) is 12.4. The first-order valence-corrected chi connectivity index (χ1v) is 12.4. The molecule has 0 bridgehead atoms. The van der Waals surface area contributed by atoms with E-state index in [1.54, 1.807) is 0 Å². The molecule has 16 nitrogen and oxygen atoms in total. The first kappa shape index (κ1) is 50.0. The molecule has 0 aliphatic heterocycles. The molecule has 0 spiro atoms. The molecule has 0 unspecified atom stereocenters. The fourth-order valence-corrected chi connectivity index (χ4v) is 2.07. The summed E-state index contributed by atoms with van der Waals surface area (Å²) < 4.78 is 0. The number of carboxylic acid groups (broad SMARTS) is 4. The van der Waals surface area contributed by atoms with Crippen molar-refractivity contribution in [3.63, 3.8) is 0 Å². The summed E-state index contributed by atoms with van der Waals surface area (Å²) in [5.74, 6) is -13.7. The maximum absolute atomic E-state index is 10.1. The number of carboxylic acids is 4. The summed E-state index contributed by atoms with van der Waals surface area (Å²) in [7, 11) is 0. The number of carbonyl (C=O) groups excluding carboxylic acids is 12. The number of rotatable bonds is 12. The quantitative estimate of drug-likeness (QED) is 0.133. The first-order chi connectivity index (χ1) is 20.1. The summed E-state index contributed by atoms with van der Waals surface area (Å²) in [6.45, 7) is 4.56. The summed E-state index contributed by atoms with van der Waals surface area (Å²) in [6, 6.07) is 0. The van der Waals surface area contributed by atoms with Gasteiger partial charge in [-0.2, -0.15) is 0 Å². The van der Waals surface area contributed by atoms with Crippen LogP contribution in [0.4, 0.5) is 0 Å². The Hall–Kier alpha value is -4.63. The molecule has 0 aromatic rings. The molecule has 1 rings (SSSR count). The number of ketones is 8. The molecular weight excluding hydrogens is 785 g/mol. The van der Waals surface area contributed by atoms with Crippen molar-refractivity contribution >= 4 is 70.1 Å². The van der Waals surface area contributed by atoms with E-state index in [9.17, 15) is 78.0 Å². The molecule has 0 saturated heterocycles. The van der Waals surface area contributed by atoms with E-state index in [4.69, 9.17) is 0 Å². The van der Waals surface area contributed by atoms with Crippen LogP contribution in [0.25, 0.3) is 0 Å². The fraction of sp³-hybridized carbons (Fsp3) is 0.429. The second kappa shape index (κ2) is 30.8. The van der Waals surface area contributed by atoms with E-state index < -0.39 is 95.8 Å². The van der Waals surface area contributed by atoms with E-state index in [0.717, 1.165) is 27.7 Å². The molecule has 1 aliphatic carbocycles. The Balaban J connectivity index is -0.000000147. The fourth-order valence-electron chi connectivity index (χ4n) is 2.07. The van der Waals surface area contributed by atoms with Gasteiger partial charge in [0.05, 0.1) is 25.7 Å². The van der Waals surface area contributed by atoms with Crippen LogP contribution in [0, 0.1) is 0 Å². The molecule has 17 heteroatoms. The van der Waals surface area contributed by atoms with Crippen LogP contribution in [0.15, 0.2) is 24.3 Å². The largest absolute Gasteiger partial charge is 0.542 e. The SMILES string of the molecule is C1=CCCCCC=C1.CC(=O)CC(=O)C(=O)[O-].CC(=O)CC(=O)C(=O)[O-].CC(=O)CC(=O)C(=O)[O-].CC(=O)CC(=O)C(=O)[O-].[Ir]. The molecule has 45 heavy (non-hydrogen) atoms. The third-order valence-electron chi connectivity index (χ3n) is 3.92. The van der Waals surface area contributed by atoms with E-state index in [1.807, 2.05) is 0 Å². The Labute approximate surface area is 271 Å². The summed E-state index contributed by atoms with van der Waals surface area (Å²) >= 11 is 0. The van der Waals surface area contributed by atoms with Gasteiger partial charge < -0.3 is 39.6 Å². The van der Waals surface area contributed by atoms with Gasteiger partial charge in [0, 0.05) is 20.1 Å². The van der Waals surface area contributed by atoms with Gasteiger partial charge in [0.1, 0.15) is 47.0 Å². The number of allylic oxidation sites excluding steroid dienone is 4. The van der Waals surface area contributed by atoms with Gasteiger partial charge in [0.2, 0.25) is 0 Å². The normalized spacial score (nSPS) is 10.4. The van der Waals surface area contributed by atoms with E-state index >= 15 is 0 Å². The van der Waals surface area contributed by atoms with Crippen LogP contribution < -0.4 is 20.4 Å². The number of hydrogen-bond acceptors (Lipinski definition) is 16. The minimum absolute atomic E-state index is 0. The number of carbonyl (C=O) groups is 12. The van der Waals surface area contributed by atoms with Crippen molar-refractivity contribution in [2.75, 3.05) is 0 Å². The molecule has 0 saturated carbocycles. The van der Waals surface area contributed by atoms with Gasteiger partial charge in [-0.05, 0) is 53.4 Å². The van der Waals surface area contributed by atoms with Crippen molar-refractivity contribution in [3.05, 3.63) is 24.3 Å². The average molecular weight is 817 g/mol. The second-order valence-electron chi connectivity index (χ2n) is 8.50. The van der Waals surface area contributed by atoms with Crippen LogP contribution in [0.5, 0.6) is 0 Å². The Morgan fingerprint density at radius 2 is 0.600 bits per heavy atom. The molecule has 0 fully saturated rings. The zero-order valence-corrected chi connectivity index (χ0v) is 27.2. The second-order valence-corrected chi connectivity index (χ2v) is 8.50. The Morgan fingerprint density at radius 1 is 0.422 bits per heavy atom. The minimum atomic E-state index is -1.80. The maximum atomic E-state index is 10.1. The summed E-state index contributed by atoms with van der Waals surface area (Å²) in [5.41, 5.74) is 0. The predicted octanol–water partition coefficient (Wildman–Crippen LogP) is -4.19. The molecule has 0 aromatic heterocycles. The van der Waals surface area contributed by atoms with Crippen molar-refractivity contribution in [3.8, 4) is 0 Å². The average Bonchev–Trinajstić information content (AvgIpc) is 2.83. The van der Waals surface area contributed by atoms with Crippen LogP contribution in [0.2, 0.25) is 0 Å². The van der Waals surface area contributed by atoms with Gasteiger partial charge in [-0.25, -0.2) is 0 Å². The Morgan fingerprint density at radius 3 is 0.711 bits per heavy atom. The monoisotopic (exact) mass is 817 g/mol. The third-order valence-corrected chi connectivity index (χ3v) is 3.92. The maximum Gasteiger partial charge on any atom is 0.185 e. The molecule has 0 atom stereocenters. The van der Waals surface area contributed by atoms with Crippen molar-refractivity contribution in [2.24, 2.45) is 0 Å². The van der Waals surface area contributed by atoms with Crippen molar-refractivity contribution in [2.45, 2.75) is 79.1 Å². The molecule has 1 aliphatic rings. The molecule has 0 amide bonds. The van der Waals surface area contributed by atoms with Gasteiger partial charge in [0.25, 0.3) is 0 Å². The topological polar surface area (TPSA) is 297 Å². The van der Waals surface area contributed by atoms with Crippen LogP contribution in [-0.4, -0.2) is 70.1 Å². The smallest absolute Gasteiger partial charge is 0.185 e. The molecule has 1 radical (unpaired) electrons. The standard InChI is InChI=1S/C8H12.4C5H6O4.Ir/c1-2-4-6-8-7-5-3-1;4*1-3(6)2-4(7)5(8)9;/h1-4H,5-8H2;4*2H2,1H3,(H,8,9);/p-4. The van der Waals surface area contributed by atoms with Gasteiger partial charge in [0.15, 0.2) is 23.1 Å². The molecular formula is C28H32IrO16-4.